The second kappa shape index (κ2) is 11.0. The van der Waals surface area contributed by atoms with E-state index in [0.29, 0.717) is 43.3 Å². The fraction of sp³-hybridized carbons (Fsp3) is 0.556. The standard InChI is InChI=1S/C36H43F3N6O3/c1-22-15-35(16-22,31-41-40-21-42(31)6)25-8-7-9-26(14-25)45-17-28-27(30(45)46)12-24(13-29(28)36(37,38)39)23(2)44-19-34(20-44)10-11-43(18-34)32(47)48-33(3,4)5/h7-9,12-14,21-23H,10-11,15-20H2,1-6H3/t22?,23-,35?/m1/s1. The Balaban J connectivity index is 1.13. The first-order valence-corrected chi connectivity index (χ1v) is 16.7. The summed E-state index contributed by atoms with van der Waals surface area (Å²) < 4.78 is 51.3. The summed E-state index contributed by atoms with van der Waals surface area (Å²) in [7, 11) is 1.91. The maximum Gasteiger partial charge on any atom is 0.416 e. The summed E-state index contributed by atoms with van der Waals surface area (Å²) in [5.41, 5.74) is 0.311. The van der Waals surface area contributed by atoms with E-state index in [0.717, 1.165) is 30.7 Å². The van der Waals surface area contributed by atoms with Gasteiger partial charge in [0.15, 0.2) is 0 Å². The van der Waals surface area contributed by atoms with Crippen LogP contribution in [0.4, 0.5) is 23.7 Å². The Labute approximate surface area is 279 Å². The van der Waals surface area contributed by atoms with Crippen molar-refractivity contribution in [3.8, 4) is 0 Å². The van der Waals surface area contributed by atoms with Gasteiger partial charge in [0, 0.05) is 55.9 Å². The molecule has 4 heterocycles. The van der Waals surface area contributed by atoms with Crippen molar-refractivity contribution in [3.63, 3.8) is 0 Å². The molecule has 9 nitrogen and oxygen atoms in total. The molecule has 1 saturated carbocycles. The van der Waals surface area contributed by atoms with Gasteiger partial charge in [-0.1, -0.05) is 19.1 Å². The molecular weight excluding hydrogens is 621 g/mol. The predicted molar refractivity (Wildman–Crippen MR) is 173 cm³/mol. The number of fused-ring (bicyclic) bond motifs is 1. The maximum absolute atomic E-state index is 14.6. The van der Waals surface area contributed by atoms with Gasteiger partial charge in [-0.3, -0.25) is 9.69 Å². The van der Waals surface area contributed by atoms with Crippen molar-refractivity contribution in [3.05, 3.63) is 76.4 Å². The number of amides is 2. The summed E-state index contributed by atoms with van der Waals surface area (Å²) in [6.45, 7) is 11.9. The molecule has 2 aromatic carbocycles. The fourth-order valence-corrected chi connectivity index (χ4v) is 8.47. The highest BCUT2D eigenvalue weighted by Crippen LogP contribution is 2.52. The lowest BCUT2D eigenvalue weighted by molar-refractivity contribution is -0.138. The van der Waals surface area contributed by atoms with Crippen LogP contribution in [0.2, 0.25) is 0 Å². The van der Waals surface area contributed by atoms with Crippen LogP contribution in [0.5, 0.6) is 0 Å². The lowest BCUT2D eigenvalue weighted by atomic mass is 9.58. The summed E-state index contributed by atoms with van der Waals surface area (Å²) in [4.78, 5) is 31.9. The third kappa shape index (κ3) is 5.45. The highest BCUT2D eigenvalue weighted by atomic mass is 19.4. The average Bonchev–Trinajstić information content (AvgIpc) is 3.70. The van der Waals surface area contributed by atoms with E-state index in [-0.39, 0.29) is 40.6 Å². The lowest BCUT2D eigenvalue weighted by Gasteiger charge is -2.51. The number of aromatic nitrogens is 3. The molecule has 1 spiro atoms. The van der Waals surface area contributed by atoms with Gasteiger partial charge in [-0.15, -0.1) is 10.2 Å². The van der Waals surface area contributed by atoms with Crippen LogP contribution < -0.4 is 4.90 Å². The third-order valence-electron chi connectivity index (χ3n) is 10.8. The summed E-state index contributed by atoms with van der Waals surface area (Å²) >= 11 is 0. The van der Waals surface area contributed by atoms with E-state index in [9.17, 15) is 22.8 Å². The highest BCUT2D eigenvalue weighted by Gasteiger charge is 2.51. The number of hydrogen-bond donors (Lipinski definition) is 0. The molecule has 48 heavy (non-hydrogen) atoms. The van der Waals surface area contributed by atoms with Crippen LogP contribution in [0.1, 0.15) is 98.4 Å². The molecule has 7 rings (SSSR count). The Bertz CT molecular complexity index is 1770. The molecule has 1 atom stereocenters. The first-order chi connectivity index (χ1) is 22.5. The van der Waals surface area contributed by atoms with E-state index < -0.39 is 23.2 Å². The minimum absolute atomic E-state index is 0.0120. The fourth-order valence-electron chi connectivity index (χ4n) is 8.47. The molecule has 256 valence electrons. The van der Waals surface area contributed by atoms with Gasteiger partial charge in [0.25, 0.3) is 5.91 Å². The van der Waals surface area contributed by atoms with Crippen molar-refractivity contribution in [2.75, 3.05) is 31.1 Å². The number of rotatable bonds is 5. The van der Waals surface area contributed by atoms with Crippen LogP contribution >= 0.6 is 0 Å². The van der Waals surface area contributed by atoms with Crippen molar-refractivity contribution >= 4 is 17.7 Å². The van der Waals surface area contributed by atoms with Crippen LogP contribution in [-0.2, 0) is 29.9 Å². The molecule has 2 saturated heterocycles. The summed E-state index contributed by atoms with van der Waals surface area (Å²) in [5, 5.41) is 8.51. The Morgan fingerprint density at radius 3 is 2.44 bits per heavy atom. The smallest absolute Gasteiger partial charge is 0.416 e. The van der Waals surface area contributed by atoms with E-state index in [1.807, 2.05) is 57.5 Å². The van der Waals surface area contributed by atoms with Gasteiger partial charge < -0.3 is 19.1 Å². The number of ether oxygens (including phenoxy) is 1. The predicted octanol–water partition coefficient (Wildman–Crippen LogP) is 6.71. The summed E-state index contributed by atoms with van der Waals surface area (Å²) in [5.74, 6) is 0.895. The molecule has 3 fully saturated rings. The minimum atomic E-state index is -4.62. The molecule has 12 heteroatoms. The SMILES string of the molecule is CC1CC(c2cccc(N3Cc4c(cc([C@@H](C)N5CC6(CCN(C(=O)OC(C)(C)C)C6)C5)cc4C(F)(F)F)C3=O)c2)(c2nncn2C)C1. The van der Waals surface area contributed by atoms with Gasteiger partial charge in [0.2, 0.25) is 0 Å². The summed E-state index contributed by atoms with van der Waals surface area (Å²) in [6.07, 6.45) is -0.726. The van der Waals surface area contributed by atoms with E-state index in [4.69, 9.17) is 4.74 Å². The monoisotopic (exact) mass is 664 g/mol. The van der Waals surface area contributed by atoms with Crippen molar-refractivity contribution in [2.45, 2.75) is 83.7 Å². The number of alkyl halides is 3. The molecule has 4 aliphatic rings. The van der Waals surface area contributed by atoms with Gasteiger partial charge in [0.1, 0.15) is 17.8 Å². The number of carbonyl (C=O) groups is 2. The molecular formula is C36H43F3N6O3. The zero-order valence-electron chi connectivity index (χ0n) is 28.4. The van der Waals surface area contributed by atoms with Crippen molar-refractivity contribution in [2.24, 2.45) is 18.4 Å². The number of benzene rings is 2. The number of likely N-dealkylation sites (tertiary alicyclic amines) is 2. The molecule has 0 unspecified atom stereocenters. The Kier molecular flexibility index (Phi) is 7.50. The highest BCUT2D eigenvalue weighted by molar-refractivity contribution is 6.10. The van der Waals surface area contributed by atoms with Crippen molar-refractivity contribution < 1.29 is 27.5 Å². The number of hydrogen-bond acceptors (Lipinski definition) is 6. The quantitative estimate of drug-likeness (QED) is 0.302. The lowest BCUT2D eigenvalue weighted by Crippen LogP contribution is -2.58. The number of halogens is 3. The normalized spacial score (nSPS) is 24.4. The molecule has 1 aliphatic carbocycles. The van der Waals surface area contributed by atoms with Gasteiger partial charge >= 0.3 is 12.3 Å². The van der Waals surface area contributed by atoms with E-state index in [2.05, 4.69) is 22.0 Å². The van der Waals surface area contributed by atoms with Gasteiger partial charge in [-0.05, 0) is 93.8 Å². The van der Waals surface area contributed by atoms with E-state index in [1.165, 1.54) is 11.0 Å². The molecule has 0 radical (unpaired) electrons. The van der Waals surface area contributed by atoms with E-state index in [1.54, 1.807) is 23.4 Å². The van der Waals surface area contributed by atoms with Crippen LogP contribution in [0.3, 0.4) is 0 Å². The first kappa shape index (κ1) is 32.6. The van der Waals surface area contributed by atoms with Gasteiger partial charge in [-0.25, -0.2) is 4.79 Å². The molecule has 3 aliphatic heterocycles. The van der Waals surface area contributed by atoms with Gasteiger partial charge in [-0.2, -0.15) is 13.2 Å². The van der Waals surface area contributed by atoms with Crippen molar-refractivity contribution in [1.82, 2.24) is 24.6 Å². The number of nitrogens with zero attached hydrogens (tertiary/aromatic N) is 6. The molecule has 0 N–H and O–H groups in total. The Hall–Kier alpha value is -3.93. The minimum Gasteiger partial charge on any atom is -0.444 e. The van der Waals surface area contributed by atoms with Crippen LogP contribution in [0.25, 0.3) is 0 Å². The summed E-state index contributed by atoms with van der Waals surface area (Å²) in [6, 6.07) is 10.1. The Morgan fingerprint density at radius 2 is 1.81 bits per heavy atom. The van der Waals surface area contributed by atoms with Crippen LogP contribution in [0, 0.1) is 11.3 Å². The largest absolute Gasteiger partial charge is 0.444 e. The number of aryl methyl sites for hydroxylation is 1. The first-order valence-electron chi connectivity index (χ1n) is 16.7. The van der Waals surface area contributed by atoms with E-state index >= 15 is 0 Å². The molecule has 0 bridgehead atoms. The van der Waals surface area contributed by atoms with Crippen LogP contribution in [-0.4, -0.2) is 68.3 Å². The maximum atomic E-state index is 14.6. The second-order valence-electron chi connectivity index (χ2n) is 15.6. The number of anilines is 1. The molecule has 2 amide bonds. The van der Waals surface area contributed by atoms with Crippen LogP contribution in [0.15, 0.2) is 42.7 Å². The topological polar surface area (TPSA) is 83.8 Å². The molecule has 3 aromatic rings. The zero-order chi connectivity index (χ0) is 34.4. The zero-order valence-corrected chi connectivity index (χ0v) is 28.4. The number of carbonyl (C=O) groups excluding carboxylic acids is 2. The van der Waals surface area contributed by atoms with Gasteiger partial charge in [0.05, 0.1) is 17.5 Å². The third-order valence-corrected chi connectivity index (χ3v) is 10.8. The average molecular weight is 665 g/mol. The Morgan fingerprint density at radius 1 is 1.08 bits per heavy atom. The van der Waals surface area contributed by atoms with Crippen molar-refractivity contribution in [1.29, 1.82) is 0 Å². The molecule has 1 aromatic heterocycles. The second-order valence-corrected chi connectivity index (χ2v) is 15.6.